The van der Waals surface area contributed by atoms with Crippen molar-refractivity contribution in [1.82, 2.24) is 4.72 Å². The van der Waals surface area contributed by atoms with Gasteiger partial charge in [-0.15, -0.1) is 15.7 Å². The molecule has 27 heavy (non-hydrogen) atoms. The Hall–Kier alpha value is -2.19. The second-order valence-corrected chi connectivity index (χ2v) is 10.2. The fourth-order valence-electron chi connectivity index (χ4n) is 4.35. The summed E-state index contributed by atoms with van der Waals surface area (Å²) >= 11 is 1.36. The third kappa shape index (κ3) is 2.87. The van der Waals surface area contributed by atoms with Gasteiger partial charge in [0.25, 0.3) is 5.91 Å². The van der Waals surface area contributed by atoms with Gasteiger partial charge in [0.05, 0.1) is 11.3 Å². The summed E-state index contributed by atoms with van der Waals surface area (Å²) in [7, 11) is -3.15. The quantitative estimate of drug-likeness (QED) is 0.765. The van der Waals surface area contributed by atoms with Gasteiger partial charge in [-0.05, 0) is 72.2 Å². The molecule has 6 nitrogen and oxygen atoms in total. The maximum absolute atomic E-state index is 13.0. The number of benzene rings is 1. The Morgan fingerprint density at radius 1 is 1.15 bits per heavy atom. The highest BCUT2D eigenvalue weighted by Gasteiger charge is 2.29. The van der Waals surface area contributed by atoms with E-state index in [2.05, 4.69) is 20.5 Å². The third-order valence-electron chi connectivity index (χ3n) is 5.50. The Morgan fingerprint density at radius 3 is 2.56 bits per heavy atom. The molecule has 140 valence electrons. The molecule has 0 saturated carbocycles. The van der Waals surface area contributed by atoms with Crippen molar-refractivity contribution in [3.63, 3.8) is 0 Å². The standard InChI is InChI=1S/C19H19N3O3S2/c23-18-15-7-8-26-16(15)10-27(25,21-18)22-19(24)20-17-13-5-1-3-11(13)9-12-4-2-6-14(12)17/h7-9H,1-6,10H2,(H2,20,21,22,23,24,25). The molecule has 3 amide bonds. The zero-order valence-electron chi connectivity index (χ0n) is 14.7. The van der Waals surface area contributed by atoms with Gasteiger partial charge in [-0.25, -0.2) is 9.00 Å². The largest absolute Gasteiger partial charge is 0.354 e. The number of aryl methyl sites for hydroxylation is 2. The van der Waals surface area contributed by atoms with Crippen LogP contribution in [0.2, 0.25) is 0 Å². The summed E-state index contributed by atoms with van der Waals surface area (Å²) < 4.78 is 19.3. The van der Waals surface area contributed by atoms with Crippen LogP contribution >= 0.6 is 11.3 Å². The smallest absolute Gasteiger partial charge is 0.305 e. The molecule has 0 radical (unpaired) electrons. The van der Waals surface area contributed by atoms with Crippen molar-refractivity contribution >= 4 is 38.9 Å². The van der Waals surface area contributed by atoms with E-state index >= 15 is 0 Å². The minimum Gasteiger partial charge on any atom is -0.305 e. The highest BCUT2D eigenvalue weighted by atomic mass is 32.2. The molecule has 1 unspecified atom stereocenters. The van der Waals surface area contributed by atoms with E-state index in [0.717, 1.165) is 44.2 Å². The van der Waals surface area contributed by atoms with Crippen LogP contribution in [0.3, 0.4) is 0 Å². The Bertz CT molecular complexity index is 1080. The van der Waals surface area contributed by atoms with E-state index < -0.39 is 21.9 Å². The van der Waals surface area contributed by atoms with E-state index in [0.29, 0.717) is 10.4 Å². The predicted octanol–water partition coefficient (Wildman–Crippen LogP) is 3.58. The Kier molecular flexibility index (Phi) is 3.87. The average Bonchev–Trinajstić information content (AvgIpc) is 3.32. The normalized spacial score (nSPS) is 22.6. The van der Waals surface area contributed by atoms with Crippen molar-refractivity contribution in [2.24, 2.45) is 4.36 Å². The van der Waals surface area contributed by atoms with Crippen LogP contribution in [0.25, 0.3) is 0 Å². The summed E-state index contributed by atoms with van der Waals surface area (Å²) in [6.07, 6.45) is 6.15. The van der Waals surface area contributed by atoms with Crippen LogP contribution in [-0.2, 0) is 41.4 Å². The second-order valence-electron chi connectivity index (χ2n) is 7.23. The van der Waals surface area contributed by atoms with Crippen LogP contribution in [0.4, 0.5) is 10.5 Å². The Labute approximate surface area is 161 Å². The number of hydrogen-bond donors (Lipinski definition) is 2. The van der Waals surface area contributed by atoms with E-state index in [1.807, 2.05) is 0 Å². The van der Waals surface area contributed by atoms with Gasteiger partial charge in [-0.3, -0.25) is 9.52 Å². The first-order chi connectivity index (χ1) is 13.0. The minimum atomic E-state index is -3.15. The number of hydrogen-bond acceptors (Lipinski definition) is 4. The molecule has 2 aliphatic carbocycles. The first-order valence-corrected chi connectivity index (χ1v) is 11.7. The summed E-state index contributed by atoms with van der Waals surface area (Å²) in [6, 6.07) is 3.34. The number of fused-ring (bicyclic) bond motifs is 3. The van der Waals surface area contributed by atoms with Crippen molar-refractivity contribution in [3.8, 4) is 0 Å². The number of thiophene rings is 1. The van der Waals surface area contributed by atoms with Crippen LogP contribution < -0.4 is 10.0 Å². The van der Waals surface area contributed by atoms with Crippen LogP contribution in [0.1, 0.15) is 50.3 Å². The fraction of sp³-hybridized carbons (Fsp3) is 0.368. The van der Waals surface area contributed by atoms with Gasteiger partial charge in [0.15, 0.2) is 0 Å². The number of nitrogens with zero attached hydrogens (tertiary/aromatic N) is 1. The zero-order valence-corrected chi connectivity index (χ0v) is 16.3. The van der Waals surface area contributed by atoms with Crippen molar-refractivity contribution in [1.29, 1.82) is 0 Å². The molecule has 0 fully saturated rings. The Morgan fingerprint density at radius 2 is 1.85 bits per heavy atom. The molecular weight excluding hydrogens is 382 g/mol. The number of carbonyl (C=O) groups is 2. The van der Waals surface area contributed by atoms with Crippen LogP contribution in [0, 0.1) is 0 Å². The maximum atomic E-state index is 13.0. The number of rotatable bonds is 1. The summed E-state index contributed by atoms with van der Waals surface area (Å²) in [5.41, 5.74) is 6.40. The SMILES string of the molecule is O=C(N=S1(=O)Cc2sccc2C(=O)N1)Nc1c2c(cc3c1CCC3)CCC2. The molecule has 2 N–H and O–H groups in total. The Balaban J connectivity index is 1.48. The molecule has 2 heterocycles. The van der Waals surface area contributed by atoms with Crippen molar-refractivity contribution in [2.75, 3.05) is 5.32 Å². The summed E-state index contributed by atoms with van der Waals surface area (Å²) in [4.78, 5) is 25.5. The van der Waals surface area contributed by atoms with E-state index in [-0.39, 0.29) is 5.75 Å². The first kappa shape index (κ1) is 16.9. The summed E-state index contributed by atoms with van der Waals surface area (Å²) in [6.45, 7) is 0. The molecule has 1 atom stereocenters. The van der Waals surface area contributed by atoms with Crippen molar-refractivity contribution in [3.05, 3.63) is 50.2 Å². The van der Waals surface area contributed by atoms with Gasteiger partial charge in [0.2, 0.25) is 0 Å². The second kappa shape index (κ2) is 6.17. The summed E-state index contributed by atoms with van der Waals surface area (Å²) in [5, 5.41) is 4.70. The van der Waals surface area contributed by atoms with E-state index in [4.69, 9.17) is 0 Å². The molecule has 1 aliphatic heterocycles. The molecule has 1 aromatic carbocycles. The average molecular weight is 402 g/mol. The molecule has 0 spiro atoms. The molecule has 0 saturated heterocycles. The highest BCUT2D eigenvalue weighted by molar-refractivity contribution is 7.92. The monoisotopic (exact) mass is 401 g/mol. The lowest BCUT2D eigenvalue weighted by Gasteiger charge is -2.18. The maximum Gasteiger partial charge on any atom is 0.354 e. The van der Waals surface area contributed by atoms with Gasteiger partial charge in [-0.1, -0.05) is 6.07 Å². The van der Waals surface area contributed by atoms with Gasteiger partial charge in [-0.2, -0.15) is 0 Å². The summed E-state index contributed by atoms with van der Waals surface area (Å²) in [5.74, 6) is -0.356. The molecule has 2 aromatic rings. The lowest BCUT2D eigenvalue weighted by molar-refractivity contribution is 0.0980. The molecular formula is C19H19N3O3S2. The fourth-order valence-corrected chi connectivity index (χ4v) is 7.17. The van der Waals surface area contributed by atoms with E-state index in [1.165, 1.54) is 33.6 Å². The van der Waals surface area contributed by atoms with Gasteiger partial charge in [0.1, 0.15) is 9.92 Å². The topological polar surface area (TPSA) is 87.6 Å². The van der Waals surface area contributed by atoms with Gasteiger partial charge < -0.3 is 5.32 Å². The number of anilines is 1. The van der Waals surface area contributed by atoms with Crippen LogP contribution in [0.15, 0.2) is 21.9 Å². The number of urea groups is 1. The highest BCUT2D eigenvalue weighted by Crippen LogP contribution is 2.38. The molecule has 1 aromatic heterocycles. The van der Waals surface area contributed by atoms with Gasteiger partial charge >= 0.3 is 6.03 Å². The predicted molar refractivity (Wildman–Crippen MR) is 106 cm³/mol. The first-order valence-electron chi connectivity index (χ1n) is 9.13. The van der Waals surface area contributed by atoms with E-state index in [1.54, 1.807) is 11.4 Å². The molecule has 0 bridgehead atoms. The minimum absolute atomic E-state index is 0.0736. The van der Waals surface area contributed by atoms with Gasteiger partial charge in [0, 0.05) is 10.6 Å². The van der Waals surface area contributed by atoms with E-state index in [9.17, 15) is 13.8 Å². The number of nitrogens with one attached hydrogen (secondary N) is 2. The van der Waals surface area contributed by atoms with Crippen LogP contribution in [0.5, 0.6) is 0 Å². The van der Waals surface area contributed by atoms with Crippen molar-refractivity contribution < 1.29 is 13.8 Å². The molecule has 8 heteroatoms. The number of amides is 3. The zero-order chi connectivity index (χ0) is 18.6. The van der Waals surface area contributed by atoms with Crippen LogP contribution in [-0.4, -0.2) is 16.1 Å². The van der Waals surface area contributed by atoms with Crippen molar-refractivity contribution in [2.45, 2.75) is 44.3 Å². The molecule has 3 aliphatic rings. The molecule has 5 rings (SSSR count). The third-order valence-corrected chi connectivity index (χ3v) is 8.25. The number of carbonyl (C=O) groups excluding carboxylic acids is 2. The lowest BCUT2D eigenvalue weighted by Crippen LogP contribution is -2.36. The lowest BCUT2D eigenvalue weighted by atomic mass is 9.99.